The normalized spacial score (nSPS) is 30.1. The maximum Gasteiger partial charge on any atom is 0.250 e. The molecule has 4 atom stereocenters. The monoisotopic (exact) mass is 402 g/mol. The second-order valence-electron chi connectivity index (χ2n) is 7.89. The summed E-state index contributed by atoms with van der Waals surface area (Å²) in [6.45, 7) is 2.23. The first-order valence-corrected chi connectivity index (χ1v) is 9.84. The van der Waals surface area contributed by atoms with Gasteiger partial charge in [0.1, 0.15) is 11.4 Å². The molecule has 0 saturated carbocycles. The third-order valence-corrected chi connectivity index (χ3v) is 6.21. The van der Waals surface area contributed by atoms with Crippen LogP contribution in [0.5, 0.6) is 0 Å². The zero-order valence-electron chi connectivity index (χ0n) is 16.0. The summed E-state index contributed by atoms with van der Waals surface area (Å²) >= 11 is 0. The molecule has 1 aromatic rings. The number of hydrogen-bond donors (Lipinski definition) is 3. The number of nitrogens with two attached hydrogens (primary N) is 1. The number of amides is 4. The number of primary amides is 1. The van der Waals surface area contributed by atoms with E-state index in [4.69, 9.17) is 5.73 Å². The topological polar surface area (TPSA) is 122 Å². The number of unbranched alkanes of at least 4 members (excludes halogenated alkanes) is 1. The lowest BCUT2D eigenvalue weighted by Crippen LogP contribution is -2.53. The molecule has 3 aliphatic heterocycles. The molecule has 0 radical (unpaired) electrons. The second kappa shape index (κ2) is 6.91. The highest BCUT2D eigenvalue weighted by Gasteiger charge is 2.70. The van der Waals surface area contributed by atoms with E-state index in [0.717, 1.165) is 6.42 Å². The van der Waals surface area contributed by atoms with E-state index >= 15 is 0 Å². The van der Waals surface area contributed by atoms with Crippen molar-refractivity contribution in [2.45, 2.75) is 44.2 Å². The van der Waals surface area contributed by atoms with Gasteiger partial charge in [0, 0.05) is 30.3 Å². The molecule has 0 aromatic heterocycles. The predicted octanol–water partition coefficient (Wildman–Crippen LogP) is 0.612. The fourth-order valence-electron chi connectivity index (χ4n) is 4.92. The Morgan fingerprint density at radius 3 is 2.72 bits per heavy atom. The molecule has 4 amide bonds. The van der Waals surface area contributed by atoms with Crippen LogP contribution >= 0.6 is 0 Å². The van der Waals surface area contributed by atoms with Crippen LogP contribution in [0.1, 0.15) is 38.2 Å². The minimum atomic E-state index is -1.54. The fraction of sp³-hybridized carbons (Fsp3) is 0.500. The van der Waals surface area contributed by atoms with Crippen molar-refractivity contribution in [3.8, 4) is 0 Å². The molecule has 4 N–H and O–H groups in total. The lowest BCUT2D eigenvalue weighted by Gasteiger charge is -2.29. The lowest BCUT2D eigenvalue weighted by atomic mass is 9.76. The van der Waals surface area contributed by atoms with Gasteiger partial charge in [0.2, 0.25) is 23.6 Å². The Balaban J connectivity index is 1.81. The Kier molecular flexibility index (Phi) is 4.65. The van der Waals surface area contributed by atoms with E-state index in [1.165, 1.54) is 23.1 Å². The molecule has 3 aliphatic rings. The van der Waals surface area contributed by atoms with Gasteiger partial charge in [0.25, 0.3) is 0 Å². The van der Waals surface area contributed by atoms with E-state index in [-0.39, 0.29) is 25.3 Å². The molecule has 29 heavy (non-hydrogen) atoms. The van der Waals surface area contributed by atoms with Crippen LogP contribution in [0, 0.1) is 17.7 Å². The summed E-state index contributed by atoms with van der Waals surface area (Å²) in [4.78, 5) is 52.0. The molecule has 3 heterocycles. The lowest BCUT2D eigenvalue weighted by molar-refractivity contribution is -0.143. The van der Waals surface area contributed by atoms with E-state index in [1.807, 2.05) is 6.92 Å². The van der Waals surface area contributed by atoms with Gasteiger partial charge in [0.15, 0.2) is 0 Å². The molecule has 0 bridgehead atoms. The first kappa shape index (κ1) is 19.5. The van der Waals surface area contributed by atoms with Gasteiger partial charge in [-0.15, -0.1) is 0 Å². The number of halogens is 1. The molecule has 2 saturated heterocycles. The number of hydrogen-bond acceptors (Lipinski definition) is 5. The quantitative estimate of drug-likeness (QED) is 0.602. The fourth-order valence-corrected chi connectivity index (χ4v) is 4.92. The van der Waals surface area contributed by atoms with Crippen molar-refractivity contribution < 1.29 is 23.6 Å². The Labute approximate surface area is 167 Å². The van der Waals surface area contributed by atoms with E-state index in [2.05, 4.69) is 10.6 Å². The number of nitrogens with one attached hydrogen (secondary N) is 2. The van der Waals surface area contributed by atoms with Gasteiger partial charge in [-0.05, 0) is 31.0 Å². The van der Waals surface area contributed by atoms with Crippen LogP contribution in [0.3, 0.4) is 0 Å². The number of anilines is 1. The maximum atomic E-state index is 14.0. The zero-order valence-corrected chi connectivity index (χ0v) is 16.0. The van der Waals surface area contributed by atoms with Gasteiger partial charge < -0.3 is 11.1 Å². The Hall–Kier alpha value is -2.81. The number of fused-ring (bicyclic) bond motifs is 4. The molecule has 2 fully saturated rings. The number of rotatable bonds is 6. The maximum absolute atomic E-state index is 14.0. The van der Waals surface area contributed by atoms with Crippen molar-refractivity contribution in [1.82, 2.24) is 10.2 Å². The van der Waals surface area contributed by atoms with E-state index in [1.54, 1.807) is 0 Å². The van der Waals surface area contributed by atoms with Crippen LogP contribution in [-0.2, 0) is 24.7 Å². The van der Waals surface area contributed by atoms with Crippen LogP contribution in [0.2, 0.25) is 0 Å². The van der Waals surface area contributed by atoms with Crippen LogP contribution in [-0.4, -0.2) is 41.1 Å². The summed E-state index contributed by atoms with van der Waals surface area (Å²) in [7, 11) is 0. The number of nitrogens with zero attached hydrogens (tertiary/aromatic N) is 1. The standard InChI is InChI=1S/C20H23FN4O4/c1-2-3-8-25-17(27)15-13(6-7-14(22)26)24-20(16(15)18(25)28)11-9-10(21)4-5-12(11)23-19(20)29/h4-5,9,13,15-16,24H,2-3,6-8H2,1H3,(H2,22,26)(H,23,29)/t13-,15-,16+,20+/m1/s1. The number of carbonyl (C=O) groups excluding carboxylic acids is 4. The van der Waals surface area contributed by atoms with Crippen molar-refractivity contribution in [3.63, 3.8) is 0 Å². The molecular weight excluding hydrogens is 379 g/mol. The van der Waals surface area contributed by atoms with E-state index < -0.39 is 47.0 Å². The van der Waals surface area contributed by atoms with Crippen molar-refractivity contribution in [3.05, 3.63) is 29.6 Å². The largest absolute Gasteiger partial charge is 0.370 e. The van der Waals surface area contributed by atoms with Gasteiger partial charge in [-0.1, -0.05) is 13.3 Å². The summed E-state index contributed by atoms with van der Waals surface area (Å²) < 4.78 is 14.0. The minimum Gasteiger partial charge on any atom is -0.370 e. The summed E-state index contributed by atoms with van der Waals surface area (Å²) in [5.74, 6) is -4.16. The zero-order chi connectivity index (χ0) is 20.9. The molecule has 154 valence electrons. The first-order valence-electron chi connectivity index (χ1n) is 9.84. The summed E-state index contributed by atoms with van der Waals surface area (Å²) in [5, 5.41) is 5.85. The van der Waals surface area contributed by atoms with Crippen LogP contribution < -0.4 is 16.4 Å². The van der Waals surface area contributed by atoms with Crippen LogP contribution in [0.4, 0.5) is 10.1 Å². The second-order valence-corrected chi connectivity index (χ2v) is 7.89. The molecule has 9 heteroatoms. The third-order valence-electron chi connectivity index (χ3n) is 6.21. The average molecular weight is 402 g/mol. The third kappa shape index (κ3) is 2.75. The van der Waals surface area contributed by atoms with Gasteiger partial charge in [-0.2, -0.15) is 0 Å². The highest BCUT2D eigenvalue weighted by Crippen LogP contribution is 2.53. The highest BCUT2D eigenvalue weighted by atomic mass is 19.1. The molecule has 1 aromatic carbocycles. The highest BCUT2D eigenvalue weighted by molar-refractivity contribution is 6.15. The van der Waals surface area contributed by atoms with Crippen molar-refractivity contribution in [2.24, 2.45) is 17.6 Å². The minimum absolute atomic E-state index is 0.00498. The Morgan fingerprint density at radius 1 is 1.28 bits per heavy atom. The molecule has 8 nitrogen and oxygen atoms in total. The summed E-state index contributed by atoms with van der Waals surface area (Å²) in [6.07, 6.45) is 1.66. The Bertz CT molecular complexity index is 920. The van der Waals surface area contributed by atoms with Gasteiger partial charge in [0.05, 0.1) is 11.8 Å². The molecule has 1 spiro atoms. The van der Waals surface area contributed by atoms with Crippen molar-refractivity contribution >= 4 is 29.3 Å². The number of carbonyl (C=O) groups is 4. The van der Waals surface area contributed by atoms with Gasteiger partial charge >= 0.3 is 0 Å². The molecule has 0 aliphatic carbocycles. The number of imide groups is 1. The van der Waals surface area contributed by atoms with E-state index in [9.17, 15) is 23.6 Å². The van der Waals surface area contributed by atoms with Crippen LogP contribution in [0.25, 0.3) is 0 Å². The van der Waals surface area contributed by atoms with Gasteiger partial charge in [-0.3, -0.25) is 29.4 Å². The van der Waals surface area contributed by atoms with Gasteiger partial charge in [-0.25, -0.2) is 4.39 Å². The Morgan fingerprint density at radius 2 is 2.03 bits per heavy atom. The number of benzene rings is 1. The molecular formula is C20H23FN4O4. The summed E-state index contributed by atoms with van der Waals surface area (Å²) in [5.41, 5.74) is 4.46. The first-order chi connectivity index (χ1) is 13.8. The summed E-state index contributed by atoms with van der Waals surface area (Å²) in [6, 6.07) is 3.29. The SMILES string of the molecule is CCCCN1C(=O)[C@H]2[C@@H](C1=O)[C@]1(N[C@@H]2CCC(N)=O)C(=O)Nc2ccc(F)cc21. The van der Waals surface area contributed by atoms with Crippen molar-refractivity contribution in [1.29, 1.82) is 0 Å². The average Bonchev–Trinajstić information content (AvgIpc) is 3.24. The van der Waals surface area contributed by atoms with E-state index in [0.29, 0.717) is 17.7 Å². The van der Waals surface area contributed by atoms with Crippen LogP contribution in [0.15, 0.2) is 18.2 Å². The smallest absolute Gasteiger partial charge is 0.250 e. The molecule has 0 unspecified atom stereocenters. The number of likely N-dealkylation sites (tertiary alicyclic amines) is 1. The predicted molar refractivity (Wildman–Crippen MR) is 101 cm³/mol. The molecule has 4 rings (SSSR count). The van der Waals surface area contributed by atoms with Crippen molar-refractivity contribution in [2.75, 3.05) is 11.9 Å².